The lowest BCUT2D eigenvalue weighted by Gasteiger charge is -2.19. The molecule has 0 heterocycles. The van der Waals surface area contributed by atoms with Crippen LogP contribution in [0.4, 0.5) is 23.2 Å². The van der Waals surface area contributed by atoms with Crippen molar-refractivity contribution in [1.29, 1.82) is 0 Å². The van der Waals surface area contributed by atoms with Crippen LogP contribution in [0.5, 0.6) is 5.75 Å². The Bertz CT molecular complexity index is 562. The molecule has 0 bridgehead atoms. The lowest BCUT2D eigenvalue weighted by molar-refractivity contribution is -0.385. The Hall–Kier alpha value is -2.59. The summed E-state index contributed by atoms with van der Waals surface area (Å²) in [6.45, 7) is -1.14. The molecule has 3 N–H and O–H groups in total. The highest BCUT2D eigenvalue weighted by molar-refractivity contribution is 5.83. The predicted molar refractivity (Wildman–Crippen MR) is 61.5 cm³/mol. The lowest BCUT2D eigenvalue weighted by atomic mass is 10.1. The van der Waals surface area contributed by atoms with Gasteiger partial charge < -0.3 is 15.7 Å². The number of non-ortho nitro benzene ring substituents is 1. The van der Waals surface area contributed by atoms with E-state index in [-0.39, 0.29) is 0 Å². The maximum absolute atomic E-state index is 13.4. The summed E-state index contributed by atoms with van der Waals surface area (Å²) in [7, 11) is 0. The number of halogens is 4. The first-order chi connectivity index (χ1) is 9.66. The molecule has 0 saturated heterocycles. The van der Waals surface area contributed by atoms with Gasteiger partial charge in [-0.25, -0.2) is 4.39 Å². The van der Waals surface area contributed by atoms with Crippen molar-refractivity contribution in [3.8, 4) is 5.75 Å². The molecule has 0 radical (unpaired) electrons. The SMILES string of the molecule is N/C(=N/O)C(COc1ccc([N+](=O)[O-])cc1F)C(F)(F)F. The Morgan fingerprint density at radius 2 is 2.14 bits per heavy atom. The fourth-order valence-corrected chi connectivity index (χ4v) is 1.31. The van der Waals surface area contributed by atoms with E-state index in [1.54, 1.807) is 0 Å². The number of hydrogen-bond acceptors (Lipinski definition) is 5. The first-order valence-electron chi connectivity index (χ1n) is 5.27. The van der Waals surface area contributed by atoms with Gasteiger partial charge in [-0.2, -0.15) is 13.2 Å². The topological polar surface area (TPSA) is 111 Å². The van der Waals surface area contributed by atoms with Gasteiger partial charge in [0.2, 0.25) is 0 Å². The fraction of sp³-hybridized carbons (Fsp3) is 0.300. The van der Waals surface area contributed by atoms with E-state index in [2.05, 4.69) is 9.89 Å². The zero-order valence-electron chi connectivity index (χ0n) is 10.2. The number of oxime groups is 1. The number of nitrogens with zero attached hydrogens (tertiary/aromatic N) is 2. The maximum atomic E-state index is 13.4. The van der Waals surface area contributed by atoms with E-state index in [0.717, 1.165) is 12.1 Å². The van der Waals surface area contributed by atoms with E-state index in [1.807, 2.05) is 0 Å². The van der Waals surface area contributed by atoms with Crippen molar-refractivity contribution in [2.24, 2.45) is 16.8 Å². The van der Waals surface area contributed by atoms with Crippen LogP contribution in [-0.4, -0.2) is 28.7 Å². The van der Waals surface area contributed by atoms with Gasteiger partial charge >= 0.3 is 6.18 Å². The van der Waals surface area contributed by atoms with E-state index < -0.39 is 46.7 Å². The average Bonchev–Trinajstić information content (AvgIpc) is 2.38. The van der Waals surface area contributed by atoms with E-state index in [0.29, 0.717) is 6.07 Å². The summed E-state index contributed by atoms with van der Waals surface area (Å²) in [5, 5.41) is 20.9. The average molecular weight is 311 g/mol. The van der Waals surface area contributed by atoms with Crippen molar-refractivity contribution < 1.29 is 32.4 Å². The smallest absolute Gasteiger partial charge is 0.402 e. The minimum atomic E-state index is -4.87. The van der Waals surface area contributed by atoms with Crippen LogP contribution < -0.4 is 10.5 Å². The summed E-state index contributed by atoms with van der Waals surface area (Å²) in [4.78, 5) is 9.51. The Morgan fingerprint density at radius 3 is 2.57 bits per heavy atom. The Kier molecular flexibility index (Phi) is 4.89. The van der Waals surface area contributed by atoms with Crippen molar-refractivity contribution in [2.45, 2.75) is 6.18 Å². The first-order valence-corrected chi connectivity index (χ1v) is 5.27. The third kappa shape index (κ3) is 4.19. The van der Waals surface area contributed by atoms with Gasteiger partial charge in [0.15, 0.2) is 17.4 Å². The highest BCUT2D eigenvalue weighted by Gasteiger charge is 2.43. The maximum Gasteiger partial charge on any atom is 0.402 e. The normalized spacial score (nSPS) is 13.8. The molecule has 21 heavy (non-hydrogen) atoms. The summed E-state index contributed by atoms with van der Waals surface area (Å²) < 4.78 is 55.8. The lowest BCUT2D eigenvalue weighted by Crippen LogP contribution is -2.40. The molecule has 1 atom stereocenters. The van der Waals surface area contributed by atoms with Gasteiger partial charge in [0.05, 0.1) is 11.0 Å². The van der Waals surface area contributed by atoms with Gasteiger partial charge in [-0.05, 0) is 6.07 Å². The number of rotatable bonds is 5. The van der Waals surface area contributed by atoms with Crippen LogP contribution in [0.25, 0.3) is 0 Å². The molecular weight excluding hydrogens is 302 g/mol. The van der Waals surface area contributed by atoms with Crippen LogP contribution in [0.2, 0.25) is 0 Å². The standard InChI is InChI=1S/C10H9F4N3O4/c11-7-3-5(17(19)20)1-2-8(7)21-4-6(9(15)16-18)10(12,13)14/h1-3,6,18H,4H2,(H2,15,16). The van der Waals surface area contributed by atoms with Crippen molar-refractivity contribution >= 4 is 11.5 Å². The largest absolute Gasteiger partial charge is 0.489 e. The second kappa shape index (κ2) is 6.24. The minimum Gasteiger partial charge on any atom is -0.489 e. The number of amidine groups is 1. The second-order valence-corrected chi connectivity index (χ2v) is 3.80. The highest BCUT2D eigenvalue weighted by atomic mass is 19.4. The van der Waals surface area contributed by atoms with Crippen molar-refractivity contribution in [2.75, 3.05) is 6.61 Å². The molecule has 0 amide bonds. The fourth-order valence-electron chi connectivity index (χ4n) is 1.31. The molecule has 7 nitrogen and oxygen atoms in total. The molecule has 0 aliphatic rings. The summed E-state index contributed by atoms with van der Waals surface area (Å²) in [6, 6.07) is 2.18. The number of nitro benzene ring substituents is 1. The van der Waals surface area contributed by atoms with Gasteiger partial charge in [0.1, 0.15) is 12.5 Å². The zero-order valence-corrected chi connectivity index (χ0v) is 10.2. The van der Waals surface area contributed by atoms with Gasteiger partial charge in [-0.3, -0.25) is 10.1 Å². The highest BCUT2D eigenvalue weighted by Crippen LogP contribution is 2.28. The van der Waals surface area contributed by atoms with Gasteiger partial charge in [-0.1, -0.05) is 5.16 Å². The molecule has 1 unspecified atom stereocenters. The first kappa shape index (κ1) is 16.5. The number of ether oxygens (including phenoxy) is 1. The van der Waals surface area contributed by atoms with E-state index in [4.69, 9.17) is 10.9 Å². The van der Waals surface area contributed by atoms with Crippen LogP contribution >= 0.6 is 0 Å². The molecule has 1 rings (SSSR count). The zero-order chi connectivity index (χ0) is 16.2. The van der Waals surface area contributed by atoms with Crippen LogP contribution in [0, 0.1) is 21.8 Å². The quantitative estimate of drug-likeness (QED) is 0.216. The molecular formula is C10H9F4N3O4. The van der Waals surface area contributed by atoms with Crippen LogP contribution in [0.1, 0.15) is 0 Å². The van der Waals surface area contributed by atoms with Crippen LogP contribution in [0.3, 0.4) is 0 Å². The number of nitrogens with two attached hydrogens (primary N) is 1. The molecule has 116 valence electrons. The second-order valence-electron chi connectivity index (χ2n) is 3.80. The third-order valence-electron chi connectivity index (χ3n) is 2.40. The Labute approximate surface area is 114 Å². The molecule has 0 aliphatic carbocycles. The van der Waals surface area contributed by atoms with Crippen molar-refractivity contribution in [3.05, 3.63) is 34.1 Å². The van der Waals surface area contributed by atoms with Crippen LogP contribution in [-0.2, 0) is 0 Å². The summed E-state index contributed by atoms with van der Waals surface area (Å²) >= 11 is 0. The summed E-state index contributed by atoms with van der Waals surface area (Å²) in [5.74, 6) is -5.42. The van der Waals surface area contributed by atoms with Gasteiger partial charge in [-0.15, -0.1) is 0 Å². The summed E-state index contributed by atoms with van der Waals surface area (Å²) in [5.41, 5.74) is 4.31. The monoisotopic (exact) mass is 311 g/mol. The van der Waals surface area contributed by atoms with E-state index in [9.17, 15) is 27.7 Å². The van der Waals surface area contributed by atoms with Crippen molar-refractivity contribution in [3.63, 3.8) is 0 Å². The number of benzene rings is 1. The Morgan fingerprint density at radius 1 is 1.52 bits per heavy atom. The number of hydrogen-bond donors (Lipinski definition) is 2. The van der Waals surface area contributed by atoms with E-state index in [1.165, 1.54) is 0 Å². The van der Waals surface area contributed by atoms with Crippen molar-refractivity contribution in [1.82, 2.24) is 0 Å². The molecule has 11 heteroatoms. The number of nitro groups is 1. The molecule has 1 aromatic carbocycles. The Balaban J connectivity index is 2.89. The van der Waals surface area contributed by atoms with Gasteiger partial charge in [0, 0.05) is 6.07 Å². The predicted octanol–water partition coefficient (Wildman–Crippen LogP) is 2.04. The van der Waals surface area contributed by atoms with Gasteiger partial charge in [0.25, 0.3) is 5.69 Å². The summed E-state index contributed by atoms with van der Waals surface area (Å²) in [6.07, 6.45) is -4.87. The third-order valence-corrected chi connectivity index (χ3v) is 2.40. The number of alkyl halides is 3. The molecule has 0 saturated carbocycles. The molecule has 0 fully saturated rings. The molecule has 0 aliphatic heterocycles. The minimum absolute atomic E-state index is 0.501. The van der Waals surface area contributed by atoms with E-state index >= 15 is 0 Å². The molecule has 1 aromatic rings. The molecule has 0 aromatic heterocycles. The molecule has 0 spiro atoms. The van der Waals surface area contributed by atoms with Crippen LogP contribution in [0.15, 0.2) is 23.4 Å².